The van der Waals surface area contributed by atoms with Crippen molar-refractivity contribution in [1.82, 2.24) is 14.7 Å². The van der Waals surface area contributed by atoms with Gasteiger partial charge in [-0.05, 0) is 47.3 Å². The molecule has 1 aromatic rings. The van der Waals surface area contributed by atoms with Gasteiger partial charge in [0.1, 0.15) is 0 Å². The van der Waals surface area contributed by atoms with Gasteiger partial charge in [-0.1, -0.05) is 6.92 Å². The summed E-state index contributed by atoms with van der Waals surface area (Å²) in [7, 11) is 0. The first-order chi connectivity index (χ1) is 11.1. The highest BCUT2D eigenvalue weighted by atomic mass is 32.1. The van der Waals surface area contributed by atoms with Crippen molar-refractivity contribution in [2.45, 2.75) is 19.9 Å². The van der Waals surface area contributed by atoms with Crippen molar-refractivity contribution in [2.24, 2.45) is 11.1 Å². The maximum Gasteiger partial charge on any atom is 0.236 e. The van der Waals surface area contributed by atoms with E-state index in [-0.39, 0.29) is 11.3 Å². The fourth-order valence-electron chi connectivity index (χ4n) is 3.52. The van der Waals surface area contributed by atoms with Crippen LogP contribution in [-0.4, -0.2) is 73.0 Å². The molecule has 0 aromatic carbocycles. The molecule has 5 nitrogen and oxygen atoms in total. The Morgan fingerprint density at radius 3 is 2.65 bits per heavy atom. The summed E-state index contributed by atoms with van der Waals surface area (Å²) in [4.78, 5) is 19.3. The molecule has 6 heteroatoms. The zero-order valence-corrected chi connectivity index (χ0v) is 14.9. The number of carbonyl (C=O) groups excluding carboxylic acids is 1. The van der Waals surface area contributed by atoms with Gasteiger partial charge in [-0.2, -0.15) is 11.3 Å². The van der Waals surface area contributed by atoms with E-state index in [0.717, 1.165) is 52.2 Å². The Morgan fingerprint density at radius 1 is 1.26 bits per heavy atom. The Bertz CT molecular complexity index is 513. The predicted octanol–water partition coefficient (Wildman–Crippen LogP) is 1.06. The average Bonchev–Trinajstić information content (AvgIpc) is 3.19. The molecule has 3 heterocycles. The Kier molecular flexibility index (Phi) is 5.36. The van der Waals surface area contributed by atoms with Gasteiger partial charge in [0.2, 0.25) is 5.91 Å². The van der Waals surface area contributed by atoms with E-state index in [1.807, 2.05) is 4.90 Å². The normalized spacial score (nSPS) is 26.8. The quantitative estimate of drug-likeness (QED) is 0.874. The SMILES string of the molecule is CC1(CN)CCN(CC(=O)N2CCN(Cc3ccsc3)CC2)C1. The van der Waals surface area contributed by atoms with Gasteiger partial charge >= 0.3 is 0 Å². The number of thiophene rings is 1. The van der Waals surface area contributed by atoms with Crippen LogP contribution < -0.4 is 5.73 Å². The molecule has 0 saturated carbocycles. The molecule has 3 rings (SSSR count). The van der Waals surface area contributed by atoms with E-state index in [4.69, 9.17) is 5.73 Å². The molecule has 0 bridgehead atoms. The summed E-state index contributed by atoms with van der Waals surface area (Å²) in [5, 5.41) is 4.33. The Labute approximate surface area is 143 Å². The highest BCUT2D eigenvalue weighted by molar-refractivity contribution is 7.07. The molecule has 1 amide bonds. The number of likely N-dealkylation sites (tertiary alicyclic amines) is 1. The number of nitrogens with two attached hydrogens (primary N) is 1. The molecule has 2 saturated heterocycles. The summed E-state index contributed by atoms with van der Waals surface area (Å²) >= 11 is 1.75. The van der Waals surface area contributed by atoms with Gasteiger partial charge < -0.3 is 10.6 Å². The fraction of sp³-hybridized carbons (Fsp3) is 0.706. The van der Waals surface area contributed by atoms with Gasteiger partial charge in [-0.15, -0.1) is 0 Å². The second-order valence-electron chi connectivity index (χ2n) is 7.26. The van der Waals surface area contributed by atoms with E-state index in [1.165, 1.54) is 5.56 Å². The first kappa shape index (κ1) is 16.9. The smallest absolute Gasteiger partial charge is 0.236 e. The molecule has 2 N–H and O–H groups in total. The number of hydrogen-bond acceptors (Lipinski definition) is 5. The van der Waals surface area contributed by atoms with Crippen molar-refractivity contribution in [3.05, 3.63) is 22.4 Å². The van der Waals surface area contributed by atoms with E-state index in [9.17, 15) is 4.79 Å². The van der Waals surface area contributed by atoms with Crippen LogP contribution in [0, 0.1) is 5.41 Å². The second-order valence-corrected chi connectivity index (χ2v) is 8.04. The molecule has 128 valence electrons. The summed E-state index contributed by atoms with van der Waals surface area (Å²) in [5.74, 6) is 0.279. The monoisotopic (exact) mass is 336 g/mol. The topological polar surface area (TPSA) is 52.8 Å². The van der Waals surface area contributed by atoms with E-state index < -0.39 is 0 Å². The van der Waals surface area contributed by atoms with Crippen LogP contribution in [0.4, 0.5) is 0 Å². The second kappa shape index (κ2) is 7.30. The summed E-state index contributed by atoms with van der Waals surface area (Å²) in [6.45, 7) is 10.1. The summed E-state index contributed by atoms with van der Waals surface area (Å²) in [5.41, 5.74) is 7.42. The molecule has 0 aliphatic carbocycles. The van der Waals surface area contributed by atoms with Crippen LogP contribution in [0.5, 0.6) is 0 Å². The maximum atomic E-state index is 12.5. The lowest BCUT2D eigenvalue weighted by Crippen LogP contribution is -2.50. The Balaban J connectivity index is 1.42. The first-order valence-electron chi connectivity index (χ1n) is 8.52. The van der Waals surface area contributed by atoms with Crippen LogP contribution in [0.2, 0.25) is 0 Å². The van der Waals surface area contributed by atoms with Gasteiger partial charge in [0.15, 0.2) is 0 Å². The van der Waals surface area contributed by atoms with Crippen LogP contribution in [-0.2, 0) is 11.3 Å². The molecule has 2 aliphatic rings. The van der Waals surface area contributed by atoms with Crippen molar-refractivity contribution >= 4 is 17.2 Å². The standard InChI is InChI=1S/C17H28N4OS/c1-17(13-18)3-4-20(14-17)11-16(22)21-7-5-19(6-8-21)10-15-2-9-23-12-15/h2,9,12H,3-8,10-11,13-14,18H2,1H3. The number of piperazine rings is 1. The van der Waals surface area contributed by atoms with Crippen LogP contribution in [0.3, 0.4) is 0 Å². The molecule has 0 spiro atoms. The number of carbonyl (C=O) groups is 1. The zero-order valence-electron chi connectivity index (χ0n) is 14.0. The summed E-state index contributed by atoms with van der Waals surface area (Å²) < 4.78 is 0. The molecule has 2 aliphatic heterocycles. The van der Waals surface area contributed by atoms with Crippen LogP contribution in [0.15, 0.2) is 16.8 Å². The maximum absolute atomic E-state index is 12.5. The molecule has 1 aromatic heterocycles. The van der Waals surface area contributed by atoms with Gasteiger partial charge in [0.25, 0.3) is 0 Å². The van der Waals surface area contributed by atoms with Crippen LogP contribution in [0.1, 0.15) is 18.9 Å². The molecular formula is C17H28N4OS. The third kappa shape index (κ3) is 4.32. The highest BCUT2D eigenvalue weighted by Gasteiger charge is 2.34. The molecule has 1 unspecified atom stereocenters. The van der Waals surface area contributed by atoms with E-state index >= 15 is 0 Å². The average molecular weight is 337 g/mol. The molecular weight excluding hydrogens is 308 g/mol. The minimum Gasteiger partial charge on any atom is -0.339 e. The van der Waals surface area contributed by atoms with Crippen molar-refractivity contribution in [2.75, 3.05) is 52.4 Å². The number of hydrogen-bond donors (Lipinski definition) is 1. The number of amides is 1. The highest BCUT2D eigenvalue weighted by Crippen LogP contribution is 2.28. The third-order valence-electron chi connectivity index (χ3n) is 5.20. The van der Waals surface area contributed by atoms with Gasteiger partial charge in [0.05, 0.1) is 6.54 Å². The van der Waals surface area contributed by atoms with E-state index in [2.05, 4.69) is 33.6 Å². The number of nitrogens with zero attached hydrogens (tertiary/aromatic N) is 3. The van der Waals surface area contributed by atoms with E-state index in [1.54, 1.807) is 11.3 Å². The summed E-state index contributed by atoms with van der Waals surface area (Å²) in [6.07, 6.45) is 1.10. The third-order valence-corrected chi connectivity index (χ3v) is 5.93. The molecule has 0 radical (unpaired) electrons. The zero-order chi connectivity index (χ0) is 16.3. The number of rotatable bonds is 5. The Morgan fingerprint density at radius 2 is 2.04 bits per heavy atom. The lowest BCUT2D eigenvalue weighted by Gasteiger charge is -2.35. The van der Waals surface area contributed by atoms with Crippen molar-refractivity contribution in [3.63, 3.8) is 0 Å². The fourth-order valence-corrected chi connectivity index (χ4v) is 4.17. The lowest BCUT2D eigenvalue weighted by atomic mass is 9.90. The molecule has 23 heavy (non-hydrogen) atoms. The van der Waals surface area contributed by atoms with Crippen LogP contribution >= 0.6 is 11.3 Å². The van der Waals surface area contributed by atoms with Crippen molar-refractivity contribution in [1.29, 1.82) is 0 Å². The first-order valence-corrected chi connectivity index (χ1v) is 9.46. The van der Waals surface area contributed by atoms with Crippen LogP contribution in [0.25, 0.3) is 0 Å². The van der Waals surface area contributed by atoms with Crippen molar-refractivity contribution < 1.29 is 4.79 Å². The Hall–Kier alpha value is -0.950. The predicted molar refractivity (Wildman–Crippen MR) is 94.4 cm³/mol. The minimum atomic E-state index is 0.194. The lowest BCUT2D eigenvalue weighted by molar-refractivity contribution is -0.134. The van der Waals surface area contributed by atoms with Gasteiger partial charge in [-0.25, -0.2) is 0 Å². The van der Waals surface area contributed by atoms with E-state index in [0.29, 0.717) is 13.1 Å². The van der Waals surface area contributed by atoms with Gasteiger partial charge in [-0.3, -0.25) is 14.6 Å². The van der Waals surface area contributed by atoms with Crippen molar-refractivity contribution in [3.8, 4) is 0 Å². The summed E-state index contributed by atoms with van der Waals surface area (Å²) in [6, 6.07) is 2.18. The largest absolute Gasteiger partial charge is 0.339 e. The van der Waals surface area contributed by atoms with Gasteiger partial charge in [0, 0.05) is 39.3 Å². The molecule has 1 atom stereocenters. The molecule has 2 fully saturated rings. The minimum absolute atomic E-state index is 0.194.